The molecule has 3 aromatic rings. The van der Waals surface area contributed by atoms with Gasteiger partial charge in [0, 0.05) is 55.9 Å². The SMILES string of the molecule is CCCOCCn1c(=O)c(NCCCNCCCO)nc2ncc(-c3ccc(OC)nc3)cc21. The minimum atomic E-state index is -0.201. The van der Waals surface area contributed by atoms with Crippen molar-refractivity contribution in [3.05, 3.63) is 40.9 Å². The number of nitrogens with zero attached hydrogens (tertiary/aromatic N) is 4. The van der Waals surface area contributed by atoms with Gasteiger partial charge in [-0.2, -0.15) is 0 Å². The Hall–Kier alpha value is -3.08. The molecule has 10 nitrogen and oxygen atoms in total. The molecule has 3 aromatic heterocycles. The van der Waals surface area contributed by atoms with Crippen LogP contribution in [0.4, 0.5) is 5.82 Å². The van der Waals surface area contributed by atoms with Gasteiger partial charge in [0.05, 0.1) is 19.2 Å². The van der Waals surface area contributed by atoms with E-state index >= 15 is 0 Å². The summed E-state index contributed by atoms with van der Waals surface area (Å²) < 4.78 is 12.5. The van der Waals surface area contributed by atoms with E-state index in [2.05, 4.69) is 25.6 Å². The number of aromatic nitrogens is 4. The van der Waals surface area contributed by atoms with Gasteiger partial charge in [0.2, 0.25) is 5.88 Å². The number of hydrogen-bond donors (Lipinski definition) is 3. The standard InChI is InChI=1S/C24H34N6O4/c1-3-13-34-14-11-30-20-15-19(18-6-7-21(33-2)27-16-18)17-28-22(20)29-23(24(30)32)26-10-4-8-25-9-5-12-31/h6-7,15-17,25,31H,3-5,8-14H2,1-2H3,(H,26,28,29). The van der Waals surface area contributed by atoms with E-state index < -0.39 is 0 Å². The molecule has 0 fully saturated rings. The maximum Gasteiger partial charge on any atom is 0.293 e. The van der Waals surface area contributed by atoms with E-state index in [1.165, 1.54) is 0 Å². The molecule has 10 heteroatoms. The van der Waals surface area contributed by atoms with Gasteiger partial charge in [-0.05, 0) is 44.5 Å². The molecule has 0 spiro atoms. The second-order valence-corrected chi connectivity index (χ2v) is 7.79. The highest BCUT2D eigenvalue weighted by atomic mass is 16.5. The van der Waals surface area contributed by atoms with Crippen molar-refractivity contribution in [2.75, 3.05) is 51.9 Å². The van der Waals surface area contributed by atoms with Crippen LogP contribution in [0.2, 0.25) is 0 Å². The van der Waals surface area contributed by atoms with Crippen LogP contribution >= 0.6 is 0 Å². The summed E-state index contributed by atoms with van der Waals surface area (Å²) in [5.74, 6) is 0.813. The van der Waals surface area contributed by atoms with Gasteiger partial charge in [0.25, 0.3) is 5.56 Å². The van der Waals surface area contributed by atoms with Gasteiger partial charge in [-0.3, -0.25) is 9.36 Å². The summed E-state index contributed by atoms with van der Waals surface area (Å²) in [5, 5.41) is 15.2. The summed E-state index contributed by atoms with van der Waals surface area (Å²) in [5.41, 5.74) is 2.64. The maximum absolute atomic E-state index is 13.3. The number of nitrogens with one attached hydrogen (secondary N) is 2. The first-order valence-corrected chi connectivity index (χ1v) is 11.7. The Kier molecular flexibility index (Phi) is 10.2. The number of fused-ring (bicyclic) bond motifs is 1. The lowest BCUT2D eigenvalue weighted by molar-refractivity contribution is 0.127. The summed E-state index contributed by atoms with van der Waals surface area (Å²) in [6.45, 7) is 5.86. The zero-order valence-corrected chi connectivity index (χ0v) is 19.9. The van der Waals surface area contributed by atoms with Gasteiger partial charge in [0.1, 0.15) is 0 Å². The van der Waals surface area contributed by atoms with Crippen molar-refractivity contribution in [2.24, 2.45) is 0 Å². The van der Waals surface area contributed by atoms with Crippen molar-refractivity contribution < 1.29 is 14.6 Å². The van der Waals surface area contributed by atoms with Gasteiger partial charge in [-0.15, -0.1) is 0 Å². The highest BCUT2D eigenvalue weighted by molar-refractivity contribution is 5.78. The number of methoxy groups -OCH3 is 1. The average Bonchev–Trinajstić information content (AvgIpc) is 2.87. The molecule has 0 radical (unpaired) electrons. The molecule has 0 saturated carbocycles. The van der Waals surface area contributed by atoms with Gasteiger partial charge in [-0.25, -0.2) is 15.0 Å². The number of aliphatic hydroxyl groups is 1. The Labute approximate surface area is 199 Å². The molecule has 0 bridgehead atoms. The molecule has 0 aromatic carbocycles. The van der Waals surface area contributed by atoms with Gasteiger partial charge < -0.3 is 25.2 Å². The average molecular weight is 471 g/mol. The Bertz CT molecular complexity index is 1090. The van der Waals surface area contributed by atoms with Crippen molar-refractivity contribution in [3.8, 4) is 17.0 Å². The molecule has 34 heavy (non-hydrogen) atoms. The van der Waals surface area contributed by atoms with Crippen LogP contribution in [0.15, 0.2) is 35.4 Å². The van der Waals surface area contributed by atoms with Crippen LogP contribution in [0.3, 0.4) is 0 Å². The monoisotopic (exact) mass is 470 g/mol. The summed E-state index contributed by atoms with van der Waals surface area (Å²) >= 11 is 0. The summed E-state index contributed by atoms with van der Waals surface area (Å²) in [7, 11) is 1.57. The fraction of sp³-hybridized carbons (Fsp3) is 0.500. The molecule has 0 aliphatic heterocycles. The number of aliphatic hydroxyl groups excluding tert-OH is 1. The zero-order chi connectivity index (χ0) is 24.2. The van der Waals surface area contributed by atoms with Crippen LogP contribution in [-0.2, 0) is 11.3 Å². The predicted octanol–water partition coefficient (Wildman–Crippen LogP) is 2.06. The van der Waals surface area contributed by atoms with Crippen molar-refractivity contribution in [3.63, 3.8) is 0 Å². The first kappa shape index (κ1) is 25.5. The minimum absolute atomic E-state index is 0.178. The molecular weight excluding hydrogens is 436 g/mol. The second-order valence-electron chi connectivity index (χ2n) is 7.79. The largest absolute Gasteiger partial charge is 0.481 e. The van der Waals surface area contributed by atoms with E-state index in [4.69, 9.17) is 14.6 Å². The molecule has 0 aliphatic carbocycles. The number of rotatable bonds is 15. The van der Waals surface area contributed by atoms with Gasteiger partial charge in [-0.1, -0.05) is 6.92 Å². The smallest absolute Gasteiger partial charge is 0.293 e. The summed E-state index contributed by atoms with van der Waals surface area (Å²) in [6, 6.07) is 5.60. The third-order valence-electron chi connectivity index (χ3n) is 5.22. The third-order valence-corrected chi connectivity index (χ3v) is 5.22. The Morgan fingerprint density at radius 2 is 1.88 bits per heavy atom. The van der Waals surface area contributed by atoms with Crippen molar-refractivity contribution >= 4 is 17.0 Å². The van der Waals surface area contributed by atoms with Crippen LogP contribution in [0.1, 0.15) is 26.2 Å². The molecule has 0 atom stereocenters. The quantitative estimate of drug-likeness (QED) is 0.286. The first-order chi connectivity index (χ1) is 16.7. The Balaban J connectivity index is 1.84. The lowest BCUT2D eigenvalue weighted by Gasteiger charge is -2.14. The van der Waals surface area contributed by atoms with E-state index in [0.29, 0.717) is 43.3 Å². The minimum Gasteiger partial charge on any atom is -0.481 e. The maximum atomic E-state index is 13.3. The summed E-state index contributed by atoms with van der Waals surface area (Å²) in [4.78, 5) is 26.6. The molecule has 3 heterocycles. The van der Waals surface area contributed by atoms with Gasteiger partial charge >= 0.3 is 0 Å². The highest BCUT2D eigenvalue weighted by Crippen LogP contribution is 2.23. The topological polar surface area (TPSA) is 123 Å². The number of pyridine rings is 2. The number of ether oxygens (including phenoxy) is 2. The fourth-order valence-electron chi connectivity index (χ4n) is 3.44. The van der Waals surface area contributed by atoms with E-state index in [1.54, 1.807) is 30.1 Å². The predicted molar refractivity (Wildman–Crippen MR) is 132 cm³/mol. The number of hydrogen-bond acceptors (Lipinski definition) is 9. The summed E-state index contributed by atoms with van der Waals surface area (Å²) in [6.07, 6.45) is 5.91. The third kappa shape index (κ3) is 6.96. The van der Waals surface area contributed by atoms with Crippen LogP contribution in [0, 0.1) is 0 Å². The molecule has 0 amide bonds. The van der Waals surface area contributed by atoms with Gasteiger partial charge in [0.15, 0.2) is 11.5 Å². The van der Waals surface area contributed by atoms with Crippen molar-refractivity contribution in [1.82, 2.24) is 24.8 Å². The molecule has 0 saturated heterocycles. The fourth-order valence-corrected chi connectivity index (χ4v) is 3.44. The lowest BCUT2D eigenvalue weighted by Crippen LogP contribution is -2.28. The van der Waals surface area contributed by atoms with E-state index in [9.17, 15) is 4.79 Å². The molecule has 0 unspecified atom stereocenters. The van der Waals surface area contributed by atoms with Crippen LogP contribution < -0.4 is 20.9 Å². The zero-order valence-electron chi connectivity index (χ0n) is 19.9. The highest BCUT2D eigenvalue weighted by Gasteiger charge is 2.13. The normalized spacial score (nSPS) is 11.1. The molecule has 0 aliphatic rings. The number of anilines is 1. The Morgan fingerprint density at radius 1 is 1.06 bits per heavy atom. The van der Waals surface area contributed by atoms with E-state index in [0.717, 1.165) is 43.5 Å². The molecular formula is C24H34N6O4. The van der Waals surface area contributed by atoms with Crippen molar-refractivity contribution in [2.45, 2.75) is 32.7 Å². The van der Waals surface area contributed by atoms with Crippen LogP contribution in [0.5, 0.6) is 5.88 Å². The second kappa shape index (κ2) is 13.6. The Morgan fingerprint density at radius 3 is 2.62 bits per heavy atom. The lowest BCUT2D eigenvalue weighted by atomic mass is 10.1. The van der Waals surface area contributed by atoms with E-state index in [-0.39, 0.29) is 18.0 Å². The van der Waals surface area contributed by atoms with Crippen LogP contribution in [0.25, 0.3) is 22.3 Å². The van der Waals surface area contributed by atoms with E-state index in [1.807, 2.05) is 19.1 Å². The van der Waals surface area contributed by atoms with Crippen molar-refractivity contribution in [1.29, 1.82) is 0 Å². The molecule has 3 N–H and O–H groups in total. The van der Waals surface area contributed by atoms with Crippen LogP contribution in [-0.4, -0.2) is 71.2 Å². The molecule has 3 rings (SSSR count). The first-order valence-electron chi connectivity index (χ1n) is 11.7. The molecule has 184 valence electrons.